The molecule has 11 heteroatoms. The van der Waals surface area contributed by atoms with E-state index in [1.54, 1.807) is 14.1 Å². The maximum atomic E-state index is 11.6. The molecule has 0 bridgehead atoms. The summed E-state index contributed by atoms with van der Waals surface area (Å²) >= 11 is 0. The number of carbonyl (C=O) groups is 1. The number of hydrogen-bond acceptors (Lipinski definition) is 7. The van der Waals surface area contributed by atoms with Gasteiger partial charge in [-0.25, -0.2) is 0 Å². The van der Waals surface area contributed by atoms with Crippen LogP contribution in [-0.2, 0) is 11.3 Å². The zero-order valence-electron chi connectivity index (χ0n) is 12.9. The van der Waals surface area contributed by atoms with E-state index in [2.05, 4.69) is 10.4 Å². The number of aromatic nitrogens is 2. The molecule has 1 aromatic heterocycles. The lowest BCUT2D eigenvalue weighted by atomic mass is 10.2. The minimum absolute atomic E-state index is 0.0248. The molecule has 1 amide bonds. The standard InChI is InChI=1S/C13H14N6O5/c1-16(2)13(20)8-17-7-9(6-14-17)15-11-4-3-10(18(21)22)5-12(11)19(23)24/h3-7,15H,8H2,1-2H3. The zero-order valence-corrected chi connectivity index (χ0v) is 12.9. The smallest absolute Gasteiger partial charge is 0.299 e. The lowest BCUT2D eigenvalue weighted by molar-refractivity contribution is -0.393. The molecule has 0 saturated carbocycles. The van der Waals surface area contributed by atoms with Gasteiger partial charge in [-0.3, -0.25) is 29.7 Å². The lowest BCUT2D eigenvalue weighted by Crippen LogP contribution is -2.26. The van der Waals surface area contributed by atoms with Crippen LogP contribution >= 0.6 is 0 Å². The number of amides is 1. The van der Waals surface area contributed by atoms with Crippen molar-refractivity contribution >= 4 is 28.7 Å². The molecule has 0 unspecified atom stereocenters. The minimum Gasteiger partial charge on any atom is -0.347 e. The molecule has 24 heavy (non-hydrogen) atoms. The highest BCUT2D eigenvalue weighted by Gasteiger charge is 2.20. The van der Waals surface area contributed by atoms with Crippen LogP contribution in [0.5, 0.6) is 0 Å². The van der Waals surface area contributed by atoms with Crippen LogP contribution in [-0.4, -0.2) is 44.5 Å². The van der Waals surface area contributed by atoms with E-state index >= 15 is 0 Å². The van der Waals surface area contributed by atoms with Gasteiger partial charge in [0, 0.05) is 26.4 Å². The van der Waals surface area contributed by atoms with Gasteiger partial charge in [0.05, 0.1) is 27.8 Å². The highest BCUT2D eigenvalue weighted by Crippen LogP contribution is 2.31. The molecular formula is C13H14N6O5. The fourth-order valence-corrected chi connectivity index (χ4v) is 1.84. The molecular weight excluding hydrogens is 320 g/mol. The van der Waals surface area contributed by atoms with E-state index in [0.717, 1.165) is 12.1 Å². The van der Waals surface area contributed by atoms with Crippen LogP contribution in [0.4, 0.5) is 22.7 Å². The molecule has 0 spiro atoms. The summed E-state index contributed by atoms with van der Waals surface area (Å²) in [5, 5.41) is 28.6. The first kappa shape index (κ1) is 16.9. The van der Waals surface area contributed by atoms with Crippen molar-refractivity contribution in [3.63, 3.8) is 0 Å². The van der Waals surface area contributed by atoms with Crippen molar-refractivity contribution < 1.29 is 14.6 Å². The van der Waals surface area contributed by atoms with Gasteiger partial charge in [0.1, 0.15) is 12.2 Å². The fraction of sp³-hybridized carbons (Fsp3) is 0.231. The van der Waals surface area contributed by atoms with Gasteiger partial charge >= 0.3 is 0 Å². The molecule has 1 N–H and O–H groups in total. The van der Waals surface area contributed by atoms with E-state index in [1.807, 2.05) is 0 Å². The average molecular weight is 334 g/mol. The number of carbonyl (C=O) groups excluding carboxylic acids is 1. The molecule has 0 saturated heterocycles. The summed E-state index contributed by atoms with van der Waals surface area (Å²) in [6.07, 6.45) is 2.90. The van der Waals surface area contributed by atoms with Crippen molar-refractivity contribution in [3.8, 4) is 0 Å². The first-order chi connectivity index (χ1) is 11.3. The first-order valence-corrected chi connectivity index (χ1v) is 6.70. The molecule has 126 valence electrons. The molecule has 0 atom stereocenters. The number of anilines is 2. The molecule has 0 radical (unpaired) electrons. The Morgan fingerprint density at radius 2 is 2.00 bits per heavy atom. The largest absolute Gasteiger partial charge is 0.347 e. The van der Waals surface area contributed by atoms with E-state index in [4.69, 9.17) is 0 Å². The topological polar surface area (TPSA) is 136 Å². The third-order valence-electron chi connectivity index (χ3n) is 3.10. The van der Waals surface area contributed by atoms with Crippen LogP contribution in [0.3, 0.4) is 0 Å². The molecule has 2 rings (SSSR count). The molecule has 2 aromatic rings. The van der Waals surface area contributed by atoms with Gasteiger partial charge in [0.2, 0.25) is 5.91 Å². The molecule has 0 aliphatic carbocycles. The predicted octanol–water partition coefficient (Wildman–Crippen LogP) is 1.53. The fourth-order valence-electron chi connectivity index (χ4n) is 1.84. The van der Waals surface area contributed by atoms with Crippen LogP contribution in [0.15, 0.2) is 30.6 Å². The van der Waals surface area contributed by atoms with Crippen molar-refractivity contribution in [2.75, 3.05) is 19.4 Å². The van der Waals surface area contributed by atoms with Crippen LogP contribution in [0, 0.1) is 20.2 Å². The monoisotopic (exact) mass is 334 g/mol. The summed E-state index contributed by atoms with van der Waals surface area (Å²) in [6.45, 7) is 0.0248. The Morgan fingerprint density at radius 1 is 1.29 bits per heavy atom. The number of rotatable bonds is 6. The number of nitrogens with zero attached hydrogens (tertiary/aromatic N) is 5. The Balaban J connectivity index is 2.22. The highest BCUT2D eigenvalue weighted by atomic mass is 16.6. The summed E-state index contributed by atoms with van der Waals surface area (Å²) in [4.78, 5) is 33.4. The van der Waals surface area contributed by atoms with Gasteiger partial charge in [-0.1, -0.05) is 0 Å². The Morgan fingerprint density at radius 3 is 2.58 bits per heavy atom. The van der Waals surface area contributed by atoms with Crippen LogP contribution in [0.2, 0.25) is 0 Å². The third-order valence-corrected chi connectivity index (χ3v) is 3.10. The van der Waals surface area contributed by atoms with Gasteiger partial charge in [-0.05, 0) is 6.07 Å². The van der Waals surface area contributed by atoms with E-state index in [1.165, 1.54) is 28.0 Å². The number of non-ortho nitro benzene ring substituents is 1. The molecule has 0 fully saturated rings. The number of nitro benzene ring substituents is 2. The summed E-state index contributed by atoms with van der Waals surface area (Å²) in [5.74, 6) is -0.161. The van der Waals surface area contributed by atoms with Crippen molar-refractivity contribution in [1.82, 2.24) is 14.7 Å². The molecule has 11 nitrogen and oxygen atoms in total. The van der Waals surface area contributed by atoms with Crippen LogP contribution < -0.4 is 5.32 Å². The molecule has 0 aliphatic rings. The second kappa shape index (κ2) is 6.73. The Kier molecular flexibility index (Phi) is 4.73. The third kappa shape index (κ3) is 3.82. The van der Waals surface area contributed by atoms with E-state index in [9.17, 15) is 25.0 Å². The average Bonchev–Trinajstić information content (AvgIpc) is 2.94. The van der Waals surface area contributed by atoms with Gasteiger partial charge in [0.25, 0.3) is 11.4 Å². The Hall–Kier alpha value is -3.50. The van der Waals surface area contributed by atoms with Crippen molar-refractivity contribution in [3.05, 3.63) is 50.8 Å². The van der Waals surface area contributed by atoms with Crippen molar-refractivity contribution in [2.45, 2.75) is 6.54 Å². The summed E-state index contributed by atoms with van der Waals surface area (Å²) in [5.41, 5.74) is -0.302. The second-order valence-corrected chi connectivity index (χ2v) is 5.06. The van der Waals surface area contributed by atoms with Crippen LogP contribution in [0.25, 0.3) is 0 Å². The summed E-state index contributed by atoms with van der Waals surface area (Å²) < 4.78 is 1.38. The normalized spacial score (nSPS) is 10.2. The molecule has 1 aromatic carbocycles. The van der Waals surface area contributed by atoms with Crippen molar-refractivity contribution in [2.24, 2.45) is 0 Å². The summed E-state index contributed by atoms with van der Waals surface area (Å²) in [6, 6.07) is 3.29. The van der Waals surface area contributed by atoms with Gasteiger partial charge in [-0.2, -0.15) is 5.10 Å². The van der Waals surface area contributed by atoms with Crippen molar-refractivity contribution in [1.29, 1.82) is 0 Å². The van der Waals surface area contributed by atoms with E-state index in [-0.39, 0.29) is 23.8 Å². The minimum atomic E-state index is -0.713. The number of benzene rings is 1. The second-order valence-electron chi connectivity index (χ2n) is 5.06. The lowest BCUT2D eigenvalue weighted by Gasteiger charge is -2.09. The van der Waals surface area contributed by atoms with E-state index < -0.39 is 15.5 Å². The summed E-state index contributed by atoms with van der Waals surface area (Å²) in [7, 11) is 3.23. The number of likely N-dealkylation sites (N-methyl/N-ethyl adjacent to an activating group) is 1. The highest BCUT2D eigenvalue weighted by molar-refractivity contribution is 5.75. The molecule has 1 heterocycles. The van der Waals surface area contributed by atoms with Crippen LogP contribution in [0.1, 0.15) is 0 Å². The Labute approximate surface area is 135 Å². The number of nitrogens with one attached hydrogen (secondary N) is 1. The zero-order chi connectivity index (χ0) is 17.9. The molecule has 0 aliphatic heterocycles. The maximum Gasteiger partial charge on any atom is 0.299 e. The van der Waals surface area contributed by atoms with Gasteiger partial charge in [-0.15, -0.1) is 0 Å². The van der Waals surface area contributed by atoms with Gasteiger partial charge < -0.3 is 10.2 Å². The SMILES string of the molecule is CN(C)C(=O)Cn1cc(Nc2ccc([N+](=O)[O-])cc2[N+](=O)[O-])cn1. The predicted molar refractivity (Wildman–Crippen MR) is 84.0 cm³/mol. The number of nitro groups is 2. The number of hydrogen-bond donors (Lipinski definition) is 1. The Bertz CT molecular complexity index is 800. The van der Waals surface area contributed by atoms with Gasteiger partial charge in [0.15, 0.2) is 0 Å². The van der Waals surface area contributed by atoms with E-state index in [0.29, 0.717) is 5.69 Å². The first-order valence-electron chi connectivity index (χ1n) is 6.70. The quantitative estimate of drug-likeness (QED) is 0.624. The maximum absolute atomic E-state index is 11.6.